The Hall–Kier alpha value is -1.84. The number of carbonyl (C=O) groups is 1. The predicted molar refractivity (Wildman–Crippen MR) is 58.1 cm³/mol. The molecular formula is C10H13N3O. The van der Waals surface area contributed by atoms with Crippen LogP contribution in [0.25, 0.3) is 0 Å². The first-order valence-corrected chi connectivity index (χ1v) is 4.14. The molecule has 0 heterocycles. The van der Waals surface area contributed by atoms with Gasteiger partial charge in [0.15, 0.2) is 0 Å². The highest BCUT2D eigenvalue weighted by Crippen LogP contribution is 2.22. The Kier molecular flexibility index (Phi) is 2.86. The topological polar surface area (TPSA) is 58.7 Å². The molecule has 4 heteroatoms. The Morgan fingerprint density at radius 3 is 2.64 bits per heavy atom. The molecule has 14 heavy (non-hydrogen) atoms. The summed E-state index contributed by atoms with van der Waals surface area (Å²) in [4.78, 5) is 16.9. The molecule has 0 spiro atoms. The average molecular weight is 191 g/mol. The minimum Gasteiger partial charge on any atom is -0.399 e. The summed E-state index contributed by atoms with van der Waals surface area (Å²) in [6.07, 6.45) is 0. The van der Waals surface area contributed by atoms with E-state index in [1.54, 1.807) is 32.3 Å². The standard InChI is InChI=1S/C10H13N3O/c1-12-9-5-4-7(11)6-8(9)10(14)13(2)3/h4-6H,1,11H2,2-3H3. The van der Waals surface area contributed by atoms with E-state index in [4.69, 9.17) is 5.73 Å². The average Bonchev–Trinajstić information content (AvgIpc) is 2.16. The maximum atomic E-state index is 11.7. The van der Waals surface area contributed by atoms with Crippen LogP contribution in [-0.4, -0.2) is 31.6 Å². The highest BCUT2D eigenvalue weighted by Gasteiger charge is 2.12. The SMILES string of the molecule is C=Nc1ccc(N)cc1C(=O)N(C)C. The number of nitrogen functional groups attached to an aromatic ring is 1. The summed E-state index contributed by atoms with van der Waals surface area (Å²) in [6, 6.07) is 4.97. The summed E-state index contributed by atoms with van der Waals surface area (Å²) in [5, 5.41) is 0. The van der Waals surface area contributed by atoms with E-state index in [1.807, 2.05) is 0 Å². The molecule has 0 aromatic heterocycles. The second-order valence-corrected chi connectivity index (χ2v) is 3.13. The molecule has 1 rings (SSSR count). The number of nitrogens with two attached hydrogens (primary N) is 1. The molecule has 0 aliphatic heterocycles. The van der Waals surface area contributed by atoms with Crippen molar-refractivity contribution in [3.63, 3.8) is 0 Å². The van der Waals surface area contributed by atoms with Gasteiger partial charge in [-0.1, -0.05) is 0 Å². The zero-order chi connectivity index (χ0) is 10.7. The molecule has 0 radical (unpaired) electrons. The van der Waals surface area contributed by atoms with Crippen LogP contribution in [0.5, 0.6) is 0 Å². The third kappa shape index (κ3) is 1.90. The molecule has 0 aliphatic carbocycles. The largest absolute Gasteiger partial charge is 0.399 e. The maximum absolute atomic E-state index is 11.7. The number of amides is 1. The highest BCUT2D eigenvalue weighted by atomic mass is 16.2. The Bertz CT molecular complexity index is 372. The van der Waals surface area contributed by atoms with E-state index < -0.39 is 0 Å². The number of aliphatic imine (C=N–C) groups is 1. The summed E-state index contributed by atoms with van der Waals surface area (Å²) in [7, 11) is 3.36. The number of hydrogen-bond donors (Lipinski definition) is 1. The number of carbonyl (C=O) groups excluding carboxylic acids is 1. The second kappa shape index (κ2) is 3.91. The van der Waals surface area contributed by atoms with Gasteiger partial charge in [-0.25, -0.2) is 0 Å². The van der Waals surface area contributed by atoms with Crippen molar-refractivity contribution in [2.75, 3.05) is 19.8 Å². The van der Waals surface area contributed by atoms with E-state index in [1.165, 1.54) is 4.90 Å². The van der Waals surface area contributed by atoms with E-state index in [0.29, 0.717) is 16.9 Å². The van der Waals surface area contributed by atoms with Gasteiger partial charge < -0.3 is 10.6 Å². The van der Waals surface area contributed by atoms with Crippen LogP contribution in [-0.2, 0) is 0 Å². The Balaban J connectivity index is 3.23. The molecule has 2 N–H and O–H groups in total. The van der Waals surface area contributed by atoms with Crippen molar-refractivity contribution in [2.45, 2.75) is 0 Å². The molecule has 0 atom stereocenters. The van der Waals surface area contributed by atoms with E-state index in [0.717, 1.165) is 0 Å². The molecule has 0 saturated heterocycles. The van der Waals surface area contributed by atoms with Crippen LogP contribution in [0.1, 0.15) is 10.4 Å². The van der Waals surface area contributed by atoms with Crippen LogP contribution in [0.3, 0.4) is 0 Å². The van der Waals surface area contributed by atoms with Gasteiger partial charge in [0.2, 0.25) is 0 Å². The quantitative estimate of drug-likeness (QED) is 0.566. The van der Waals surface area contributed by atoms with E-state index in [2.05, 4.69) is 11.7 Å². The fourth-order valence-electron chi connectivity index (χ4n) is 1.10. The van der Waals surface area contributed by atoms with Crippen LogP contribution in [0.4, 0.5) is 11.4 Å². The minimum atomic E-state index is -0.125. The molecular weight excluding hydrogens is 178 g/mol. The number of hydrogen-bond acceptors (Lipinski definition) is 3. The molecule has 0 aliphatic rings. The molecule has 74 valence electrons. The van der Waals surface area contributed by atoms with Crippen molar-refractivity contribution in [3.8, 4) is 0 Å². The smallest absolute Gasteiger partial charge is 0.255 e. The summed E-state index contributed by atoms with van der Waals surface area (Å²) in [5.41, 5.74) is 7.16. The molecule has 1 aromatic carbocycles. The van der Waals surface area contributed by atoms with Crippen molar-refractivity contribution >= 4 is 24.0 Å². The lowest BCUT2D eigenvalue weighted by Crippen LogP contribution is -2.21. The maximum Gasteiger partial charge on any atom is 0.255 e. The second-order valence-electron chi connectivity index (χ2n) is 3.13. The monoisotopic (exact) mass is 191 g/mol. The molecule has 0 saturated carbocycles. The van der Waals surface area contributed by atoms with Crippen LogP contribution >= 0.6 is 0 Å². The summed E-state index contributed by atoms with van der Waals surface area (Å²) >= 11 is 0. The highest BCUT2D eigenvalue weighted by molar-refractivity contribution is 5.99. The normalized spacial score (nSPS) is 9.57. The van der Waals surface area contributed by atoms with Gasteiger partial charge in [-0.3, -0.25) is 9.79 Å². The van der Waals surface area contributed by atoms with Crippen molar-refractivity contribution < 1.29 is 4.79 Å². The van der Waals surface area contributed by atoms with Gasteiger partial charge in [0.1, 0.15) is 0 Å². The van der Waals surface area contributed by atoms with Gasteiger partial charge in [0, 0.05) is 19.8 Å². The van der Waals surface area contributed by atoms with Gasteiger partial charge in [-0.2, -0.15) is 0 Å². The van der Waals surface area contributed by atoms with Crippen molar-refractivity contribution in [1.29, 1.82) is 0 Å². The fraction of sp³-hybridized carbons (Fsp3) is 0.200. The third-order valence-electron chi connectivity index (χ3n) is 1.83. The zero-order valence-corrected chi connectivity index (χ0v) is 8.32. The first-order chi connectivity index (χ1) is 6.56. The number of benzene rings is 1. The van der Waals surface area contributed by atoms with Crippen LogP contribution in [0.2, 0.25) is 0 Å². The summed E-state index contributed by atoms with van der Waals surface area (Å²) in [5.74, 6) is -0.125. The first kappa shape index (κ1) is 10.2. The lowest BCUT2D eigenvalue weighted by Gasteiger charge is -2.12. The molecule has 0 fully saturated rings. The van der Waals surface area contributed by atoms with Gasteiger partial charge in [-0.05, 0) is 24.9 Å². The van der Waals surface area contributed by atoms with Crippen LogP contribution in [0.15, 0.2) is 23.2 Å². The number of anilines is 1. The summed E-state index contributed by atoms with van der Waals surface area (Å²) in [6.45, 7) is 3.40. The predicted octanol–water partition coefficient (Wildman–Crippen LogP) is 1.30. The molecule has 0 unspecified atom stereocenters. The van der Waals surface area contributed by atoms with Crippen LogP contribution in [0, 0.1) is 0 Å². The minimum absolute atomic E-state index is 0.125. The zero-order valence-electron chi connectivity index (χ0n) is 8.32. The van der Waals surface area contributed by atoms with E-state index >= 15 is 0 Å². The third-order valence-corrected chi connectivity index (χ3v) is 1.83. The van der Waals surface area contributed by atoms with E-state index in [9.17, 15) is 4.79 Å². The van der Waals surface area contributed by atoms with Gasteiger partial charge >= 0.3 is 0 Å². The number of rotatable bonds is 2. The Labute approximate surface area is 83.0 Å². The van der Waals surface area contributed by atoms with Crippen LogP contribution < -0.4 is 5.73 Å². The fourth-order valence-corrected chi connectivity index (χ4v) is 1.10. The Morgan fingerprint density at radius 1 is 1.50 bits per heavy atom. The van der Waals surface area contributed by atoms with Crippen molar-refractivity contribution in [1.82, 2.24) is 4.90 Å². The van der Waals surface area contributed by atoms with Gasteiger partial charge in [0.25, 0.3) is 5.91 Å². The molecule has 1 aromatic rings. The van der Waals surface area contributed by atoms with Crippen molar-refractivity contribution in [2.24, 2.45) is 4.99 Å². The molecule has 4 nitrogen and oxygen atoms in total. The lowest BCUT2D eigenvalue weighted by atomic mass is 10.1. The lowest BCUT2D eigenvalue weighted by molar-refractivity contribution is 0.0828. The van der Waals surface area contributed by atoms with Gasteiger partial charge in [0.05, 0.1) is 11.3 Å². The van der Waals surface area contributed by atoms with E-state index in [-0.39, 0.29) is 5.91 Å². The number of nitrogens with zero attached hydrogens (tertiary/aromatic N) is 2. The van der Waals surface area contributed by atoms with Gasteiger partial charge in [-0.15, -0.1) is 0 Å². The Morgan fingerprint density at radius 2 is 2.14 bits per heavy atom. The van der Waals surface area contributed by atoms with Crippen molar-refractivity contribution in [3.05, 3.63) is 23.8 Å². The molecule has 0 bridgehead atoms. The first-order valence-electron chi connectivity index (χ1n) is 4.14. The summed E-state index contributed by atoms with van der Waals surface area (Å²) < 4.78 is 0. The molecule has 1 amide bonds.